The Hall–Kier alpha value is -1.68. The molecule has 78 valence electrons. The SMILES string of the molecule is CC[C@@H](O)c1ccc(-n2cccn2)cn1. The number of nitrogens with zero attached hydrogens (tertiary/aromatic N) is 3. The highest BCUT2D eigenvalue weighted by molar-refractivity contribution is 5.28. The molecule has 1 atom stereocenters. The number of pyridine rings is 1. The summed E-state index contributed by atoms with van der Waals surface area (Å²) in [5.74, 6) is 0. The molecule has 2 heterocycles. The third-order valence-corrected chi connectivity index (χ3v) is 2.27. The van der Waals surface area contributed by atoms with Crippen molar-refractivity contribution in [2.75, 3.05) is 0 Å². The fourth-order valence-corrected chi connectivity index (χ4v) is 1.36. The van der Waals surface area contributed by atoms with Gasteiger partial charge >= 0.3 is 0 Å². The predicted molar refractivity (Wildman–Crippen MR) is 56.6 cm³/mol. The Morgan fingerprint density at radius 3 is 2.87 bits per heavy atom. The van der Waals surface area contributed by atoms with E-state index in [-0.39, 0.29) is 0 Å². The van der Waals surface area contributed by atoms with Crippen LogP contribution in [0.2, 0.25) is 0 Å². The fraction of sp³-hybridized carbons (Fsp3) is 0.273. The van der Waals surface area contributed by atoms with E-state index in [4.69, 9.17) is 0 Å². The second kappa shape index (κ2) is 4.23. The van der Waals surface area contributed by atoms with E-state index >= 15 is 0 Å². The van der Waals surface area contributed by atoms with Crippen molar-refractivity contribution < 1.29 is 5.11 Å². The van der Waals surface area contributed by atoms with Crippen LogP contribution >= 0.6 is 0 Å². The maximum atomic E-state index is 9.57. The van der Waals surface area contributed by atoms with E-state index in [0.29, 0.717) is 12.1 Å². The van der Waals surface area contributed by atoms with Gasteiger partial charge in [-0.1, -0.05) is 6.92 Å². The van der Waals surface area contributed by atoms with Gasteiger partial charge in [-0.25, -0.2) is 4.68 Å². The minimum absolute atomic E-state index is 0.475. The third kappa shape index (κ3) is 2.05. The molecule has 2 aromatic rings. The van der Waals surface area contributed by atoms with Gasteiger partial charge in [0.2, 0.25) is 0 Å². The lowest BCUT2D eigenvalue weighted by Gasteiger charge is -2.07. The van der Waals surface area contributed by atoms with Crippen molar-refractivity contribution in [3.8, 4) is 5.69 Å². The van der Waals surface area contributed by atoms with Crippen LogP contribution in [0, 0.1) is 0 Å². The molecule has 0 spiro atoms. The topological polar surface area (TPSA) is 50.9 Å². The zero-order chi connectivity index (χ0) is 10.7. The first kappa shape index (κ1) is 9.86. The van der Waals surface area contributed by atoms with Crippen LogP contribution in [-0.2, 0) is 0 Å². The molecule has 0 fully saturated rings. The zero-order valence-electron chi connectivity index (χ0n) is 8.54. The molecule has 4 heteroatoms. The Morgan fingerprint density at radius 1 is 1.47 bits per heavy atom. The normalized spacial score (nSPS) is 12.7. The van der Waals surface area contributed by atoms with E-state index in [2.05, 4.69) is 10.1 Å². The average molecular weight is 203 g/mol. The lowest BCUT2D eigenvalue weighted by atomic mass is 10.2. The van der Waals surface area contributed by atoms with Gasteiger partial charge in [0.05, 0.1) is 23.7 Å². The smallest absolute Gasteiger partial charge is 0.0957 e. The highest BCUT2D eigenvalue weighted by Crippen LogP contribution is 2.14. The molecule has 0 unspecified atom stereocenters. The summed E-state index contributed by atoms with van der Waals surface area (Å²) in [7, 11) is 0. The van der Waals surface area contributed by atoms with Gasteiger partial charge in [-0.15, -0.1) is 0 Å². The van der Waals surface area contributed by atoms with Crippen molar-refractivity contribution in [3.63, 3.8) is 0 Å². The van der Waals surface area contributed by atoms with Gasteiger partial charge in [-0.05, 0) is 24.6 Å². The zero-order valence-corrected chi connectivity index (χ0v) is 8.54. The first-order chi connectivity index (χ1) is 7.31. The Balaban J connectivity index is 2.25. The summed E-state index contributed by atoms with van der Waals surface area (Å²) >= 11 is 0. The molecule has 0 aliphatic heterocycles. The molecule has 1 N–H and O–H groups in total. The van der Waals surface area contributed by atoms with Crippen molar-refractivity contribution in [1.82, 2.24) is 14.8 Å². The quantitative estimate of drug-likeness (QED) is 0.826. The molecule has 0 aromatic carbocycles. The van der Waals surface area contributed by atoms with Crippen LogP contribution in [0.15, 0.2) is 36.8 Å². The molecule has 2 aromatic heterocycles. The van der Waals surface area contributed by atoms with E-state index in [1.165, 1.54) is 0 Å². The molecule has 15 heavy (non-hydrogen) atoms. The van der Waals surface area contributed by atoms with E-state index in [0.717, 1.165) is 5.69 Å². The van der Waals surface area contributed by atoms with Gasteiger partial charge in [0.1, 0.15) is 0 Å². The molecule has 0 aliphatic carbocycles. The third-order valence-electron chi connectivity index (χ3n) is 2.27. The number of hydrogen-bond donors (Lipinski definition) is 1. The summed E-state index contributed by atoms with van der Waals surface area (Å²) in [5, 5.41) is 13.7. The van der Waals surface area contributed by atoms with Gasteiger partial charge in [-0.2, -0.15) is 5.10 Å². The molecule has 0 saturated heterocycles. The summed E-state index contributed by atoms with van der Waals surface area (Å²) in [5.41, 5.74) is 1.60. The van der Waals surface area contributed by atoms with E-state index in [9.17, 15) is 5.11 Å². The molecule has 0 saturated carbocycles. The largest absolute Gasteiger partial charge is 0.387 e. The van der Waals surface area contributed by atoms with Gasteiger partial charge in [-0.3, -0.25) is 4.98 Å². The maximum Gasteiger partial charge on any atom is 0.0957 e. The van der Waals surface area contributed by atoms with Crippen molar-refractivity contribution in [2.45, 2.75) is 19.4 Å². The number of aromatic nitrogens is 3. The van der Waals surface area contributed by atoms with Crippen LogP contribution < -0.4 is 0 Å². The molecule has 4 nitrogen and oxygen atoms in total. The number of aliphatic hydroxyl groups is 1. The summed E-state index contributed by atoms with van der Waals surface area (Å²) in [6, 6.07) is 5.58. The summed E-state index contributed by atoms with van der Waals surface area (Å²) in [4.78, 5) is 4.19. The molecular weight excluding hydrogens is 190 g/mol. The highest BCUT2D eigenvalue weighted by atomic mass is 16.3. The predicted octanol–water partition coefficient (Wildman–Crippen LogP) is 1.71. The number of hydrogen-bond acceptors (Lipinski definition) is 3. The standard InChI is InChI=1S/C11H13N3O/c1-2-11(15)10-5-4-9(8-12-10)14-7-3-6-13-14/h3-8,11,15H,2H2,1H3/t11-/m1/s1. The Kier molecular flexibility index (Phi) is 2.78. The van der Waals surface area contributed by atoms with Crippen LogP contribution in [0.3, 0.4) is 0 Å². The number of aliphatic hydroxyl groups excluding tert-OH is 1. The monoisotopic (exact) mass is 203 g/mol. The van der Waals surface area contributed by atoms with Gasteiger partial charge < -0.3 is 5.11 Å². The Bertz CT molecular complexity index is 408. The number of rotatable bonds is 3. The van der Waals surface area contributed by atoms with E-state index in [1.807, 2.05) is 31.3 Å². The molecule has 0 amide bonds. The Labute approximate surface area is 88.2 Å². The summed E-state index contributed by atoms with van der Waals surface area (Å²) in [6.45, 7) is 1.92. The minimum atomic E-state index is -0.475. The molecule has 2 rings (SSSR count). The second-order valence-electron chi connectivity index (χ2n) is 3.32. The van der Waals surface area contributed by atoms with Crippen LogP contribution in [0.4, 0.5) is 0 Å². The average Bonchev–Trinajstić information content (AvgIpc) is 2.82. The minimum Gasteiger partial charge on any atom is -0.387 e. The van der Waals surface area contributed by atoms with Gasteiger partial charge in [0.25, 0.3) is 0 Å². The van der Waals surface area contributed by atoms with Crippen molar-refractivity contribution in [2.24, 2.45) is 0 Å². The lowest BCUT2D eigenvalue weighted by Crippen LogP contribution is -2.01. The fourth-order valence-electron chi connectivity index (χ4n) is 1.36. The highest BCUT2D eigenvalue weighted by Gasteiger charge is 2.05. The first-order valence-electron chi connectivity index (χ1n) is 4.95. The van der Waals surface area contributed by atoms with E-state index < -0.39 is 6.10 Å². The van der Waals surface area contributed by atoms with Gasteiger partial charge in [0, 0.05) is 12.4 Å². The van der Waals surface area contributed by atoms with Crippen molar-refractivity contribution in [1.29, 1.82) is 0 Å². The van der Waals surface area contributed by atoms with Crippen molar-refractivity contribution in [3.05, 3.63) is 42.5 Å². The molecular formula is C11H13N3O. The summed E-state index contributed by atoms with van der Waals surface area (Å²) in [6.07, 6.45) is 5.48. The molecule has 0 radical (unpaired) electrons. The molecule has 0 bridgehead atoms. The van der Waals surface area contributed by atoms with Crippen LogP contribution in [-0.4, -0.2) is 19.9 Å². The van der Waals surface area contributed by atoms with Crippen LogP contribution in [0.5, 0.6) is 0 Å². The van der Waals surface area contributed by atoms with Crippen molar-refractivity contribution >= 4 is 0 Å². The first-order valence-corrected chi connectivity index (χ1v) is 4.95. The van der Waals surface area contributed by atoms with Crippen LogP contribution in [0.1, 0.15) is 25.1 Å². The van der Waals surface area contributed by atoms with Crippen LogP contribution in [0.25, 0.3) is 5.69 Å². The Morgan fingerprint density at radius 2 is 2.33 bits per heavy atom. The van der Waals surface area contributed by atoms with E-state index in [1.54, 1.807) is 17.1 Å². The lowest BCUT2D eigenvalue weighted by molar-refractivity contribution is 0.169. The summed E-state index contributed by atoms with van der Waals surface area (Å²) < 4.78 is 1.73. The molecule has 0 aliphatic rings. The second-order valence-corrected chi connectivity index (χ2v) is 3.32. The van der Waals surface area contributed by atoms with Gasteiger partial charge in [0.15, 0.2) is 0 Å². The maximum absolute atomic E-state index is 9.57.